The molecule has 1 unspecified atom stereocenters. The van der Waals surface area contributed by atoms with Crippen molar-refractivity contribution in [1.29, 1.82) is 0 Å². The number of rotatable bonds is 6. The Bertz CT molecular complexity index is 223. The molecule has 1 aliphatic heterocycles. The highest BCUT2D eigenvalue weighted by atomic mass is 16.3. The van der Waals surface area contributed by atoms with Gasteiger partial charge in [-0.15, -0.1) is 0 Å². The van der Waals surface area contributed by atoms with Crippen LogP contribution in [0.1, 0.15) is 38.5 Å². The number of hydrogen-bond acceptors (Lipinski definition) is 3. The van der Waals surface area contributed by atoms with Crippen molar-refractivity contribution in [3.63, 3.8) is 0 Å². The lowest BCUT2D eigenvalue weighted by Crippen LogP contribution is -2.43. The minimum absolute atomic E-state index is 0.239. The van der Waals surface area contributed by atoms with E-state index in [1.165, 1.54) is 51.6 Å². The van der Waals surface area contributed by atoms with Crippen molar-refractivity contribution >= 4 is 0 Å². The summed E-state index contributed by atoms with van der Waals surface area (Å²) in [5, 5.41) is 12.9. The van der Waals surface area contributed by atoms with Crippen LogP contribution in [-0.2, 0) is 0 Å². The van der Waals surface area contributed by atoms with Crippen molar-refractivity contribution in [2.45, 2.75) is 38.5 Å². The van der Waals surface area contributed by atoms with Gasteiger partial charge in [0.1, 0.15) is 0 Å². The van der Waals surface area contributed by atoms with Crippen LogP contribution >= 0.6 is 0 Å². The van der Waals surface area contributed by atoms with Crippen molar-refractivity contribution < 1.29 is 5.11 Å². The molecule has 0 radical (unpaired) electrons. The molecule has 3 heteroatoms. The molecule has 100 valence electrons. The summed E-state index contributed by atoms with van der Waals surface area (Å²) in [5.41, 5.74) is 0.239. The third-order valence-corrected chi connectivity index (χ3v) is 4.70. The molecule has 1 heterocycles. The first-order valence-electron chi connectivity index (χ1n) is 7.24. The van der Waals surface area contributed by atoms with Crippen LogP contribution in [0.2, 0.25) is 0 Å². The molecule has 0 bridgehead atoms. The van der Waals surface area contributed by atoms with Crippen molar-refractivity contribution in [3.8, 4) is 0 Å². The van der Waals surface area contributed by atoms with E-state index in [-0.39, 0.29) is 5.41 Å². The molecule has 0 amide bonds. The second-order valence-electron chi connectivity index (χ2n) is 6.25. The van der Waals surface area contributed by atoms with Crippen LogP contribution in [-0.4, -0.2) is 49.8 Å². The Hall–Kier alpha value is -0.120. The van der Waals surface area contributed by atoms with Gasteiger partial charge >= 0.3 is 0 Å². The highest BCUT2D eigenvalue weighted by molar-refractivity contribution is 4.89. The lowest BCUT2D eigenvalue weighted by Gasteiger charge is -2.40. The van der Waals surface area contributed by atoms with Gasteiger partial charge in [-0.3, -0.25) is 0 Å². The maximum atomic E-state index is 9.37. The molecule has 17 heavy (non-hydrogen) atoms. The highest BCUT2D eigenvalue weighted by Crippen LogP contribution is 2.39. The number of nitrogens with one attached hydrogen (secondary N) is 1. The zero-order valence-electron chi connectivity index (χ0n) is 11.2. The van der Waals surface area contributed by atoms with Gasteiger partial charge in [-0.25, -0.2) is 0 Å². The van der Waals surface area contributed by atoms with E-state index in [1.807, 2.05) is 0 Å². The molecule has 2 N–H and O–H groups in total. The van der Waals surface area contributed by atoms with Gasteiger partial charge in [-0.2, -0.15) is 0 Å². The van der Waals surface area contributed by atoms with Crippen LogP contribution in [0.25, 0.3) is 0 Å². The molecule has 1 atom stereocenters. The van der Waals surface area contributed by atoms with E-state index < -0.39 is 0 Å². The molecule has 1 saturated carbocycles. The summed E-state index contributed by atoms with van der Waals surface area (Å²) in [6.07, 6.45) is 7.78. The van der Waals surface area contributed by atoms with E-state index in [4.69, 9.17) is 0 Å². The maximum absolute atomic E-state index is 9.37. The largest absolute Gasteiger partial charge is 0.396 e. The zero-order chi connectivity index (χ0) is 12.1. The SMILES string of the molecule is CN1CCCC(CCNCC2(CO)CCC2)C1. The zero-order valence-corrected chi connectivity index (χ0v) is 11.2. The minimum atomic E-state index is 0.239. The summed E-state index contributed by atoms with van der Waals surface area (Å²) in [4.78, 5) is 2.45. The average Bonchev–Trinajstić information content (AvgIpc) is 2.27. The fraction of sp³-hybridized carbons (Fsp3) is 1.00. The van der Waals surface area contributed by atoms with Gasteiger partial charge in [0, 0.05) is 25.1 Å². The molecular weight excluding hydrogens is 212 g/mol. The Kier molecular flexibility index (Phi) is 4.83. The predicted molar refractivity (Wildman–Crippen MR) is 71.1 cm³/mol. The van der Waals surface area contributed by atoms with Gasteiger partial charge in [0.25, 0.3) is 0 Å². The molecule has 0 spiro atoms. The number of nitrogens with zero attached hydrogens (tertiary/aromatic N) is 1. The number of piperidine rings is 1. The maximum Gasteiger partial charge on any atom is 0.0499 e. The third kappa shape index (κ3) is 3.67. The van der Waals surface area contributed by atoms with E-state index >= 15 is 0 Å². The lowest BCUT2D eigenvalue weighted by atomic mass is 9.69. The molecule has 2 fully saturated rings. The van der Waals surface area contributed by atoms with Crippen LogP contribution in [0.15, 0.2) is 0 Å². The molecule has 2 rings (SSSR count). The number of likely N-dealkylation sites (tertiary alicyclic amines) is 1. The average molecular weight is 240 g/mol. The topological polar surface area (TPSA) is 35.5 Å². The van der Waals surface area contributed by atoms with E-state index in [0.29, 0.717) is 6.61 Å². The Balaban J connectivity index is 1.56. The van der Waals surface area contributed by atoms with Crippen molar-refractivity contribution in [2.75, 3.05) is 39.8 Å². The van der Waals surface area contributed by atoms with Crippen molar-refractivity contribution in [2.24, 2.45) is 11.3 Å². The second-order valence-corrected chi connectivity index (χ2v) is 6.25. The molecule has 1 saturated heterocycles. The van der Waals surface area contributed by atoms with Gasteiger partial charge in [-0.1, -0.05) is 6.42 Å². The summed E-state index contributed by atoms with van der Waals surface area (Å²) >= 11 is 0. The summed E-state index contributed by atoms with van der Waals surface area (Å²) in [6.45, 7) is 5.06. The third-order valence-electron chi connectivity index (χ3n) is 4.70. The fourth-order valence-corrected chi connectivity index (χ4v) is 3.24. The van der Waals surface area contributed by atoms with Crippen LogP contribution in [0.3, 0.4) is 0 Å². The van der Waals surface area contributed by atoms with Gasteiger partial charge in [0.15, 0.2) is 0 Å². The van der Waals surface area contributed by atoms with E-state index in [2.05, 4.69) is 17.3 Å². The first-order valence-corrected chi connectivity index (χ1v) is 7.24. The number of aliphatic hydroxyl groups excluding tert-OH is 1. The van der Waals surface area contributed by atoms with Crippen LogP contribution in [0, 0.1) is 11.3 Å². The highest BCUT2D eigenvalue weighted by Gasteiger charge is 2.35. The first-order chi connectivity index (χ1) is 8.24. The first kappa shape index (κ1) is 13.3. The quantitative estimate of drug-likeness (QED) is 0.690. The Morgan fingerprint density at radius 2 is 2.18 bits per heavy atom. The fourth-order valence-electron chi connectivity index (χ4n) is 3.24. The van der Waals surface area contributed by atoms with Gasteiger partial charge in [-0.05, 0) is 58.2 Å². The second kappa shape index (κ2) is 6.17. The van der Waals surface area contributed by atoms with Crippen molar-refractivity contribution in [3.05, 3.63) is 0 Å². The normalized spacial score (nSPS) is 28.9. The van der Waals surface area contributed by atoms with Crippen LogP contribution < -0.4 is 5.32 Å². The van der Waals surface area contributed by atoms with Crippen molar-refractivity contribution in [1.82, 2.24) is 10.2 Å². The Labute approximate surface area is 106 Å². The van der Waals surface area contributed by atoms with Gasteiger partial charge in [0.2, 0.25) is 0 Å². The number of aliphatic hydroxyl groups is 1. The van der Waals surface area contributed by atoms with Crippen LogP contribution in [0.4, 0.5) is 0 Å². The molecule has 0 aromatic carbocycles. The molecular formula is C14H28N2O. The molecule has 0 aromatic heterocycles. The van der Waals surface area contributed by atoms with E-state index in [0.717, 1.165) is 19.0 Å². The van der Waals surface area contributed by atoms with E-state index in [1.54, 1.807) is 0 Å². The molecule has 3 nitrogen and oxygen atoms in total. The minimum Gasteiger partial charge on any atom is -0.396 e. The molecule has 2 aliphatic rings. The summed E-state index contributed by atoms with van der Waals surface area (Å²) in [6, 6.07) is 0. The standard InChI is InChI=1S/C14H28N2O/c1-16-9-2-4-13(10-16)5-8-15-11-14(12-17)6-3-7-14/h13,15,17H,2-12H2,1H3. The lowest BCUT2D eigenvalue weighted by molar-refractivity contribution is 0.0443. The van der Waals surface area contributed by atoms with E-state index in [9.17, 15) is 5.11 Å². The summed E-state index contributed by atoms with van der Waals surface area (Å²) < 4.78 is 0. The van der Waals surface area contributed by atoms with Gasteiger partial charge < -0.3 is 15.3 Å². The Morgan fingerprint density at radius 1 is 1.35 bits per heavy atom. The summed E-state index contributed by atoms with van der Waals surface area (Å²) in [5.74, 6) is 0.882. The monoisotopic (exact) mass is 240 g/mol. The van der Waals surface area contributed by atoms with Crippen LogP contribution in [0.5, 0.6) is 0 Å². The smallest absolute Gasteiger partial charge is 0.0499 e. The molecule has 0 aromatic rings. The number of hydrogen-bond donors (Lipinski definition) is 2. The predicted octanol–water partition coefficient (Wildman–Crippen LogP) is 1.47. The van der Waals surface area contributed by atoms with Gasteiger partial charge in [0.05, 0.1) is 0 Å². The Morgan fingerprint density at radius 3 is 2.76 bits per heavy atom. The molecule has 1 aliphatic carbocycles. The summed E-state index contributed by atoms with van der Waals surface area (Å²) in [7, 11) is 2.23.